The van der Waals surface area contributed by atoms with E-state index < -0.39 is 0 Å². The van der Waals surface area contributed by atoms with Crippen LogP contribution in [0.4, 0.5) is 0 Å². The minimum Gasteiger partial charge on any atom is -0.493 e. The molecule has 0 saturated carbocycles. The van der Waals surface area contributed by atoms with E-state index >= 15 is 0 Å². The van der Waals surface area contributed by atoms with E-state index in [-0.39, 0.29) is 11.9 Å². The monoisotopic (exact) mass is 349 g/mol. The average molecular weight is 350 g/mol. The van der Waals surface area contributed by atoms with E-state index in [2.05, 4.69) is 32.4 Å². The van der Waals surface area contributed by atoms with Crippen LogP contribution in [0.2, 0.25) is 0 Å². The Balaban J connectivity index is 1.69. The standard InChI is InChI=1S/C15H16BrN3O2/c1-10(19-5-2-4-18-19)15(20)17-9-12-8-13(16)7-11-3-6-21-14(11)12/h2,4-5,7-8,10H,3,6,9H2,1H3,(H,17,20). The maximum atomic E-state index is 12.2. The zero-order valence-electron chi connectivity index (χ0n) is 11.7. The molecule has 110 valence electrons. The minimum atomic E-state index is -0.332. The first-order chi connectivity index (χ1) is 10.1. The van der Waals surface area contributed by atoms with E-state index in [1.807, 2.05) is 13.0 Å². The first-order valence-electron chi connectivity index (χ1n) is 6.86. The van der Waals surface area contributed by atoms with Crippen molar-refractivity contribution in [3.8, 4) is 5.75 Å². The van der Waals surface area contributed by atoms with Gasteiger partial charge >= 0.3 is 0 Å². The first-order valence-corrected chi connectivity index (χ1v) is 7.65. The molecule has 6 heteroatoms. The van der Waals surface area contributed by atoms with Crippen molar-refractivity contribution in [2.75, 3.05) is 6.61 Å². The Morgan fingerprint density at radius 2 is 2.43 bits per heavy atom. The maximum absolute atomic E-state index is 12.2. The predicted octanol–water partition coefficient (Wildman–Crippen LogP) is 2.46. The number of aromatic nitrogens is 2. The molecule has 0 radical (unpaired) electrons. The first kappa shape index (κ1) is 14.1. The van der Waals surface area contributed by atoms with Gasteiger partial charge in [-0.1, -0.05) is 15.9 Å². The lowest BCUT2D eigenvalue weighted by Gasteiger charge is -2.14. The third-order valence-corrected chi connectivity index (χ3v) is 4.04. The molecule has 1 aliphatic heterocycles. The molecule has 0 spiro atoms. The van der Waals surface area contributed by atoms with Gasteiger partial charge in [0.2, 0.25) is 5.91 Å². The summed E-state index contributed by atoms with van der Waals surface area (Å²) in [5, 5.41) is 7.03. The molecule has 1 atom stereocenters. The molecular formula is C15H16BrN3O2. The number of nitrogens with one attached hydrogen (secondary N) is 1. The number of nitrogens with zero attached hydrogens (tertiary/aromatic N) is 2. The normalized spacial score (nSPS) is 14.4. The Morgan fingerprint density at radius 3 is 3.19 bits per heavy atom. The summed E-state index contributed by atoms with van der Waals surface area (Å²) in [5.41, 5.74) is 2.19. The van der Waals surface area contributed by atoms with E-state index in [1.165, 1.54) is 5.56 Å². The zero-order chi connectivity index (χ0) is 14.8. The topological polar surface area (TPSA) is 56.1 Å². The van der Waals surface area contributed by atoms with E-state index in [4.69, 9.17) is 4.74 Å². The Labute approximate surface area is 131 Å². The van der Waals surface area contributed by atoms with Crippen LogP contribution >= 0.6 is 15.9 Å². The lowest BCUT2D eigenvalue weighted by molar-refractivity contribution is -0.124. The number of carbonyl (C=O) groups is 1. The molecule has 0 aliphatic carbocycles. The van der Waals surface area contributed by atoms with Crippen LogP contribution in [-0.4, -0.2) is 22.3 Å². The number of carbonyl (C=O) groups excluding carboxylic acids is 1. The van der Waals surface area contributed by atoms with Gasteiger partial charge in [0.25, 0.3) is 0 Å². The third-order valence-electron chi connectivity index (χ3n) is 3.58. The predicted molar refractivity (Wildman–Crippen MR) is 82.1 cm³/mol. The SMILES string of the molecule is CC(C(=O)NCc1cc(Br)cc2c1OCC2)n1cccn1. The van der Waals surface area contributed by atoms with Gasteiger partial charge in [-0.3, -0.25) is 9.48 Å². The van der Waals surface area contributed by atoms with Crippen LogP contribution in [0.15, 0.2) is 35.1 Å². The van der Waals surface area contributed by atoms with Crippen molar-refractivity contribution in [3.05, 3.63) is 46.2 Å². The quantitative estimate of drug-likeness (QED) is 0.922. The molecule has 1 aromatic heterocycles. The van der Waals surface area contributed by atoms with Gasteiger partial charge in [-0.15, -0.1) is 0 Å². The van der Waals surface area contributed by atoms with Crippen molar-refractivity contribution in [2.24, 2.45) is 0 Å². The summed E-state index contributed by atoms with van der Waals surface area (Å²) < 4.78 is 8.31. The number of fused-ring (bicyclic) bond motifs is 1. The summed E-state index contributed by atoms with van der Waals surface area (Å²) in [6.45, 7) is 2.98. The van der Waals surface area contributed by atoms with Gasteiger partial charge in [-0.05, 0) is 30.7 Å². The van der Waals surface area contributed by atoms with Crippen LogP contribution in [-0.2, 0) is 17.8 Å². The number of halogens is 1. The number of hydrogen-bond donors (Lipinski definition) is 1. The Hall–Kier alpha value is -1.82. The van der Waals surface area contributed by atoms with Gasteiger partial charge in [0.1, 0.15) is 11.8 Å². The zero-order valence-corrected chi connectivity index (χ0v) is 13.3. The van der Waals surface area contributed by atoms with Crippen molar-refractivity contribution in [1.82, 2.24) is 15.1 Å². The third kappa shape index (κ3) is 2.95. The van der Waals surface area contributed by atoms with Crippen LogP contribution in [0.3, 0.4) is 0 Å². The average Bonchev–Trinajstić information content (AvgIpc) is 3.13. The second-order valence-electron chi connectivity index (χ2n) is 5.03. The van der Waals surface area contributed by atoms with Crippen LogP contribution in [0.25, 0.3) is 0 Å². The van der Waals surface area contributed by atoms with Crippen LogP contribution in [0.5, 0.6) is 5.75 Å². The van der Waals surface area contributed by atoms with Crippen LogP contribution in [0.1, 0.15) is 24.1 Å². The molecule has 0 fully saturated rings. The molecule has 21 heavy (non-hydrogen) atoms. The highest BCUT2D eigenvalue weighted by Gasteiger charge is 2.19. The smallest absolute Gasteiger partial charge is 0.244 e. The van der Waals surface area contributed by atoms with Gasteiger partial charge in [0.05, 0.1) is 6.61 Å². The lowest BCUT2D eigenvalue weighted by Crippen LogP contribution is -2.30. The fourth-order valence-electron chi connectivity index (χ4n) is 2.44. The Bertz CT molecular complexity index is 655. The van der Waals surface area contributed by atoms with Crippen LogP contribution in [0, 0.1) is 0 Å². The molecule has 0 bridgehead atoms. The van der Waals surface area contributed by atoms with Gasteiger partial charge in [0.15, 0.2) is 0 Å². The molecule has 3 rings (SSSR count). The molecule has 2 heterocycles. The van der Waals surface area contributed by atoms with E-state index in [0.29, 0.717) is 13.2 Å². The number of ether oxygens (including phenoxy) is 1. The number of amides is 1. The van der Waals surface area contributed by atoms with Crippen LogP contribution < -0.4 is 10.1 Å². The second kappa shape index (κ2) is 5.89. The fraction of sp³-hybridized carbons (Fsp3) is 0.333. The van der Waals surface area contributed by atoms with E-state index in [0.717, 1.165) is 22.2 Å². The molecule has 5 nitrogen and oxygen atoms in total. The molecule has 1 aromatic carbocycles. The van der Waals surface area contributed by atoms with Crippen molar-refractivity contribution < 1.29 is 9.53 Å². The molecular weight excluding hydrogens is 334 g/mol. The highest BCUT2D eigenvalue weighted by molar-refractivity contribution is 9.10. The molecule has 0 saturated heterocycles. The molecule has 1 unspecified atom stereocenters. The Morgan fingerprint density at radius 1 is 1.57 bits per heavy atom. The number of hydrogen-bond acceptors (Lipinski definition) is 3. The van der Waals surface area contributed by atoms with Gasteiger partial charge < -0.3 is 10.1 Å². The number of benzene rings is 1. The summed E-state index contributed by atoms with van der Waals surface area (Å²) in [7, 11) is 0. The van der Waals surface area contributed by atoms with Gasteiger partial charge in [-0.2, -0.15) is 5.10 Å². The summed E-state index contributed by atoms with van der Waals surface area (Å²) in [4.78, 5) is 12.2. The fourth-order valence-corrected chi connectivity index (χ4v) is 2.99. The lowest BCUT2D eigenvalue weighted by atomic mass is 10.1. The van der Waals surface area contributed by atoms with Crippen molar-refractivity contribution in [1.29, 1.82) is 0 Å². The Kier molecular flexibility index (Phi) is 3.96. The molecule has 1 N–H and O–H groups in total. The van der Waals surface area contributed by atoms with Gasteiger partial charge in [-0.25, -0.2) is 0 Å². The number of rotatable bonds is 4. The molecule has 1 amide bonds. The summed E-state index contributed by atoms with van der Waals surface area (Å²) in [5.74, 6) is 0.843. The van der Waals surface area contributed by atoms with Gasteiger partial charge in [0, 0.05) is 35.4 Å². The largest absolute Gasteiger partial charge is 0.493 e. The van der Waals surface area contributed by atoms with Crippen molar-refractivity contribution in [3.63, 3.8) is 0 Å². The highest BCUT2D eigenvalue weighted by Crippen LogP contribution is 2.32. The summed E-state index contributed by atoms with van der Waals surface area (Å²) in [6, 6.07) is 5.53. The van der Waals surface area contributed by atoms with E-state index in [1.54, 1.807) is 23.1 Å². The van der Waals surface area contributed by atoms with Crippen molar-refractivity contribution >= 4 is 21.8 Å². The van der Waals surface area contributed by atoms with Crippen molar-refractivity contribution in [2.45, 2.75) is 25.9 Å². The summed E-state index contributed by atoms with van der Waals surface area (Å²) >= 11 is 3.50. The molecule has 1 aliphatic rings. The minimum absolute atomic E-state index is 0.0644. The maximum Gasteiger partial charge on any atom is 0.244 e. The second-order valence-corrected chi connectivity index (χ2v) is 5.95. The molecule has 2 aromatic rings. The van der Waals surface area contributed by atoms with E-state index in [9.17, 15) is 4.79 Å². The summed E-state index contributed by atoms with van der Waals surface area (Å²) in [6.07, 6.45) is 4.36. The highest BCUT2D eigenvalue weighted by atomic mass is 79.9.